The maximum atomic E-state index is 13.2. The summed E-state index contributed by atoms with van der Waals surface area (Å²) in [6.07, 6.45) is 2.77. The number of aryl methyl sites for hydroxylation is 1. The summed E-state index contributed by atoms with van der Waals surface area (Å²) in [5.74, 6) is -0.452. The Morgan fingerprint density at radius 2 is 1.90 bits per heavy atom. The van der Waals surface area contributed by atoms with Crippen LogP contribution < -0.4 is 11.0 Å². The molecule has 0 fully saturated rings. The Bertz CT molecular complexity index is 1460. The highest BCUT2D eigenvalue weighted by Crippen LogP contribution is 2.35. The molecule has 0 aliphatic carbocycles. The number of nitrogens with zero attached hydrogens (tertiary/aromatic N) is 6. The minimum absolute atomic E-state index is 0.335. The Hall–Kier alpha value is -4.18. The molecule has 0 saturated carbocycles. The smallest absolute Gasteiger partial charge is 0.267 e. The van der Waals surface area contributed by atoms with E-state index in [4.69, 9.17) is 0 Å². The van der Waals surface area contributed by atoms with Gasteiger partial charge in [0.1, 0.15) is 17.5 Å². The van der Waals surface area contributed by atoms with Crippen molar-refractivity contribution in [3.05, 3.63) is 88.0 Å². The first-order chi connectivity index (χ1) is 15.1. The van der Waals surface area contributed by atoms with Crippen LogP contribution in [-0.2, 0) is 0 Å². The van der Waals surface area contributed by atoms with E-state index in [9.17, 15) is 9.59 Å². The van der Waals surface area contributed by atoms with Crippen molar-refractivity contribution in [2.45, 2.75) is 6.92 Å². The summed E-state index contributed by atoms with van der Waals surface area (Å²) in [7, 11) is 0. The van der Waals surface area contributed by atoms with Gasteiger partial charge in [-0.25, -0.2) is 14.3 Å². The molecule has 2 aromatic carbocycles. The van der Waals surface area contributed by atoms with E-state index in [-0.39, 0.29) is 5.56 Å². The van der Waals surface area contributed by atoms with E-state index in [1.807, 2.05) is 37.3 Å². The van der Waals surface area contributed by atoms with Gasteiger partial charge in [0.25, 0.3) is 11.5 Å². The summed E-state index contributed by atoms with van der Waals surface area (Å²) < 4.78 is 2.56. The van der Waals surface area contributed by atoms with Gasteiger partial charge in [0.2, 0.25) is 0 Å². The molecule has 5 rings (SSSR count). The number of hydrogen-bond donors (Lipinski definition) is 1. The number of fused-ring (bicyclic) bond motifs is 1. The standard InChI is InChI=1S/C21H15N7O2S/c1-13-17(14-6-3-2-4-7-14)18-20(31-13)22-11-28(21(18)30)24-19(29)15-8-5-9-16(10-15)27-12-23-25-26-27/h2-12H,1H3,(H,24,29). The molecule has 5 aromatic rings. The number of tetrazole rings is 1. The van der Waals surface area contributed by atoms with Crippen molar-refractivity contribution in [2.24, 2.45) is 0 Å². The minimum atomic E-state index is -0.452. The van der Waals surface area contributed by atoms with E-state index in [1.54, 1.807) is 24.3 Å². The van der Waals surface area contributed by atoms with Gasteiger partial charge < -0.3 is 0 Å². The second-order valence-electron chi connectivity index (χ2n) is 6.74. The Morgan fingerprint density at radius 3 is 2.68 bits per heavy atom. The molecule has 10 heteroatoms. The number of amides is 1. The van der Waals surface area contributed by atoms with Gasteiger partial charge in [0, 0.05) is 16.0 Å². The lowest BCUT2D eigenvalue weighted by Gasteiger charge is -2.09. The molecule has 31 heavy (non-hydrogen) atoms. The first-order valence-electron chi connectivity index (χ1n) is 9.33. The SMILES string of the molecule is Cc1sc2ncn(NC(=O)c3cccc(-n4cnnn4)c3)c(=O)c2c1-c1ccccc1. The Morgan fingerprint density at radius 1 is 1.06 bits per heavy atom. The number of thiophene rings is 1. The van der Waals surface area contributed by atoms with Crippen LogP contribution in [0.1, 0.15) is 15.2 Å². The van der Waals surface area contributed by atoms with Gasteiger partial charge in [-0.3, -0.25) is 15.0 Å². The molecular weight excluding hydrogens is 414 g/mol. The van der Waals surface area contributed by atoms with Crippen molar-refractivity contribution in [1.29, 1.82) is 0 Å². The fourth-order valence-corrected chi connectivity index (χ4v) is 4.38. The lowest BCUT2D eigenvalue weighted by atomic mass is 10.0. The van der Waals surface area contributed by atoms with Crippen LogP contribution in [0.25, 0.3) is 27.0 Å². The number of carbonyl (C=O) groups excluding carboxylic acids is 1. The number of carbonyl (C=O) groups is 1. The number of rotatable bonds is 4. The van der Waals surface area contributed by atoms with Gasteiger partial charge in [-0.05, 0) is 41.1 Å². The minimum Gasteiger partial charge on any atom is -0.267 e. The zero-order valence-corrected chi connectivity index (χ0v) is 17.1. The molecule has 0 atom stereocenters. The van der Waals surface area contributed by atoms with Crippen molar-refractivity contribution in [3.8, 4) is 16.8 Å². The molecule has 0 unspecified atom stereocenters. The fraction of sp³-hybridized carbons (Fsp3) is 0.0476. The van der Waals surface area contributed by atoms with Gasteiger partial charge in [-0.1, -0.05) is 36.4 Å². The molecule has 3 heterocycles. The van der Waals surface area contributed by atoms with Crippen LogP contribution in [-0.4, -0.2) is 35.8 Å². The summed E-state index contributed by atoms with van der Waals surface area (Å²) >= 11 is 1.45. The zero-order chi connectivity index (χ0) is 21.4. The quantitative estimate of drug-likeness (QED) is 0.471. The van der Waals surface area contributed by atoms with E-state index in [0.717, 1.165) is 20.7 Å². The van der Waals surface area contributed by atoms with Crippen LogP contribution in [0, 0.1) is 6.92 Å². The third kappa shape index (κ3) is 3.38. The first-order valence-corrected chi connectivity index (χ1v) is 10.1. The molecule has 0 radical (unpaired) electrons. The molecule has 1 amide bonds. The number of benzene rings is 2. The number of nitrogens with one attached hydrogen (secondary N) is 1. The summed E-state index contributed by atoms with van der Waals surface area (Å²) in [4.78, 5) is 32.1. The summed E-state index contributed by atoms with van der Waals surface area (Å²) in [5, 5.41) is 11.5. The van der Waals surface area contributed by atoms with Crippen molar-refractivity contribution in [2.75, 3.05) is 5.43 Å². The maximum Gasteiger partial charge on any atom is 0.281 e. The third-order valence-corrected chi connectivity index (χ3v) is 5.81. The van der Waals surface area contributed by atoms with Crippen molar-refractivity contribution >= 4 is 27.5 Å². The molecule has 1 N–H and O–H groups in total. The summed E-state index contributed by atoms with van der Waals surface area (Å²) in [5.41, 5.74) is 5.03. The average molecular weight is 429 g/mol. The number of hydrogen-bond acceptors (Lipinski definition) is 7. The molecular formula is C21H15N7O2S. The third-order valence-electron chi connectivity index (χ3n) is 4.80. The summed E-state index contributed by atoms with van der Waals surface area (Å²) in [6, 6.07) is 16.4. The van der Waals surface area contributed by atoms with E-state index in [0.29, 0.717) is 21.5 Å². The van der Waals surface area contributed by atoms with Crippen LogP contribution in [0.15, 0.2) is 72.0 Å². The van der Waals surface area contributed by atoms with Gasteiger partial charge in [0.15, 0.2) is 0 Å². The van der Waals surface area contributed by atoms with Crippen LogP contribution in [0.4, 0.5) is 0 Å². The fourth-order valence-electron chi connectivity index (χ4n) is 3.38. The molecule has 9 nitrogen and oxygen atoms in total. The molecule has 3 aromatic heterocycles. The lowest BCUT2D eigenvalue weighted by molar-refractivity contribution is 0.101. The highest BCUT2D eigenvalue weighted by Gasteiger charge is 2.18. The Balaban J connectivity index is 1.53. The van der Waals surface area contributed by atoms with Crippen molar-refractivity contribution < 1.29 is 4.79 Å². The van der Waals surface area contributed by atoms with E-state index >= 15 is 0 Å². The van der Waals surface area contributed by atoms with Gasteiger partial charge in [0.05, 0.1) is 11.1 Å². The molecule has 0 bridgehead atoms. The Labute approximate surface area is 179 Å². The second kappa shape index (κ2) is 7.58. The molecule has 0 saturated heterocycles. The van der Waals surface area contributed by atoms with Crippen molar-refractivity contribution in [1.82, 2.24) is 29.9 Å². The van der Waals surface area contributed by atoms with Gasteiger partial charge >= 0.3 is 0 Å². The topological polar surface area (TPSA) is 108 Å². The van der Waals surface area contributed by atoms with Gasteiger partial charge in [-0.2, -0.15) is 0 Å². The molecule has 0 aliphatic rings. The summed E-state index contributed by atoms with van der Waals surface area (Å²) in [6.45, 7) is 1.96. The monoisotopic (exact) mass is 429 g/mol. The normalized spacial score (nSPS) is 11.0. The predicted octanol–water partition coefficient (Wildman–Crippen LogP) is 2.79. The lowest BCUT2D eigenvalue weighted by Crippen LogP contribution is -2.33. The first kappa shape index (κ1) is 18.8. The Kier molecular flexibility index (Phi) is 4.60. The highest BCUT2D eigenvalue weighted by molar-refractivity contribution is 7.19. The van der Waals surface area contributed by atoms with Crippen LogP contribution in [0.2, 0.25) is 0 Å². The average Bonchev–Trinajstić information content (AvgIpc) is 3.44. The molecule has 0 aliphatic heterocycles. The maximum absolute atomic E-state index is 13.2. The largest absolute Gasteiger partial charge is 0.281 e. The molecule has 0 spiro atoms. The van der Waals surface area contributed by atoms with Crippen molar-refractivity contribution in [3.63, 3.8) is 0 Å². The van der Waals surface area contributed by atoms with Gasteiger partial charge in [-0.15, -0.1) is 16.4 Å². The van der Waals surface area contributed by atoms with Crippen LogP contribution in [0.5, 0.6) is 0 Å². The van der Waals surface area contributed by atoms with E-state index in [1.165, 1.54) is 28.7 Å². The van der Waals surface area contributed by atoms with E-state index in [2.05, 4.69) is 25.9 Å². The zero-order valence-electron chi connectivity index (χ0n) is 16.3. The second-order valence-corrected chi connectivity index (χ2v) is 7.95. The molecule has 152 valence electrons. The van der Waals surface area contributed by atoms with Crippen LogP contribution in [0.3, 0.4) is 0 Å². The predicted molar refractivity (Wildman–Crippen MR) is 117 cm³/mol. The van der Waals surface area contributed by atoms with Crippen LogP contribution >= 0.6 is 11.3 Å². The number of aromatic nitrogens is 6. The van der Waals surface area contributed by atoms with E-state index < -0.39 is 5.91 Å². The highest BCUT2D eigenvalue weighted by atomic mass is 32.1.